The fourth-order valence-corrected chi connectivity index (χ4v) is 2.78. The zero-order chi connectivity index (χ0) is 10.7. The molecule has 2 aliphatic heterocycles. The summed E-state index contributed by atoms with van der Waals surface area (Å²) in [7, 11) is 0. The summed E-state index contributed by atoms with van der Waals surface area (Å²) in [6, 6.07) is 0. The van der Waals surface area contributed by atoms with E-state index in [2.05, 4.69) is 0 Å². The van der Waals surface area contributed by atoms with Crippen LogP contribution in [0.5, 0.6) is 0 Å². The third-order valence-electron chi connectivity index (χ3n) is 3.59. The van der Waals surface area contributed by atoms with Gasteiger partial charge in [-0.15, -0.1) is 0 Å². The van der Waals surface area contributed by atoms with Gasteiger partial charge in [-0.2, -0.15) is 0 Å². The van der Waals surface area contributed by atoms with E-state index in [1.54, 1.807) is 0 Å². The van der Waals surface area contributed by atoms with Gasteiger partial charge in [-0.3, -0.25) is 4.79 Å². The number of likely N-dealkylation sites (tertiary alicyclic amines) is 1. The number of carbonyl (C=O) groups excluding carboxylic acids is 1. The van der Waals surface area contributed by atoms with Crippen LogP contribution in [0.2, 0.25) is 0 Å². The van der Waals surface area contributed by atoms with Gasteiger partial charge in [-0.25, -0.2) is 0 Å². The summed E-state index contributed by atoms with van der Waals surface area (Å²) in [5.41, 5.74) is 5.64. The van der Waals surface area contributed by atoms with Crippen molar-refractivity contribution in [1.29, 1.82) is 0 Å². The fraction of sp³-hybridized carbons (Fsp3) is 0.909. The Bertz CT molecular complexity index is 231. The Morgan fingerprint density at radius 1 is 1.40 bits per heavy atom. The summed E-state index contributed by atoms with van der Waals surface area (Å²) in [6.45, 7) is 3.56. The molecular formula is C11H20N2O2. The van der Waals surface area contributed by atoms with Crippen molar-refractivity contribution < 1.29 is 9.53 Å². The maximum absolute atomic E-state index is 11.6. The molecule has 15 heavy (non-hydrogen) atoms. The molecule has 4 heteroatoms. The topological polar surface area (TPSA) is 55.6 Å². The maximum atomic E-state index is 11.6. The van der Waals surface area contributed by atoms with Gasteiger partial charge in [-0.1, -0.05) is 0 Å². The molecule has 2 rings (SSSR count). The molecule has 1 unspecified atom stereocenters. The molecule has 4 nitrogen and oxygen atoms in total. The lowest BCUT2D eigenvalue weighted by atomic mass is 9.76. The molecule has 1 atom stereocenters. The van der Waals surface area contributed by atoms with Gasteiger partial charge in [0.15, 0.2) is 0 Å². The molecular weight excluding hydrogens is 192 g/mol. The number of piperidine rings is 1. The molecule has 2 fully saturated rings. The number of hydrogen-bond acceptors (Lipinski definition) is 3. The Labute approximate surface area is 90.8 Å². The van der Waals surface area contributed by atoms with Gasteiger partial charge in [0.2, 0.25) is 5.91 Å². The van der Waals surface area contributed by atoms with E-state index in [-0.39, 0.29) is 17.9 Å². The highest BCUT2D eigenvalue weighted by Crippen LogP contribution is 2.37. The predicted molar refractivity (Wildman–Crippen MR) is 57.4 cm³/mol. The quantitative estimate of drug-likeness (QED) is 0.683. The van der Waals surface area contributed by atoms with Crippen molar-refractivity contribution in [2.45, 2.75) is 25.7 Å². The van der Waals surface area contributed by atoms with E-state index in [0.29, 0.717) is 0 Å². The first-order valence-electron chi connectivity index (χ1n) is 5.81. The summed E-state index contributed by atoms with van der Waals surface area (Å²) in [6.07, 6.45) is 4.61. The van der Waals surface area contributed by atoms with Crippen molar-refractivity contribution in [2.75, 3.05) is 32.8 Å². The van der Waals surface area contributed by atoms with Crippen molar-refractivity contribution in [3.05, 3.63) is 0 Å². The van der Waals surface area contributed by atoms with Gasteiger partial charge in [0.05, 0.1) is 13.2 Å². The monoisotopic (exact) mass is 212 g/mol. The highest BCUT2D eigenvalue weighted by atomic mass is 16.5. The second kappa shape index (κ2) is 4.49. The van der Waals surface area contributed by atoms with Crippen LogP contribution >= 0.6 is 0 Å². The van der Waals surface area contributed by atoms with E-state index in [0.717, 1.165) is 39.1 Å². The van der Waals surface area contributed by atoms with E-state index in [1.807, 2.05) is 4.90 Å². The molecule has 2 N–H and O–H groups in total. The Morgan fingerprint density at radius 3 is 2.87 bits per heavy atom. The van der Waals surface area contributed by atoms with Crippen molar-refractivity contribution >= 4 is 5.91 Å². The van der Waals surface area contributed by atoms with Crippen molar-refractivity contribution in [2.24, 2.45) is 11.1 Å². The predicted octanol–water partition coefficient (Wildman–Crippen LogP) is 0.364. The van der Waals surface area contributed by atoms with Gasteiger partial charge in [0.1, 0.15) is 0 Å². The molecule has 86 valence electrons. The molecule has 2 aliphatic rings. The summed E-state index contributed by atoms with van der Waals surface area (Å²) in [4.78, 5) is 13.5. The Kier molecular flexibility index (Phi) is 3.26. The van der Waals surface area contributed by atoms with Crippen molar-refractivity contribution in [3.63, 3.8) is 0 Å². The molecule has 0 saturated carbocycles. The Hall–Kier alpha value is -0.610. The zero-order valence-corrected chi connectivity index (χ0v) is 9.21. The lowest BCUT2D eigenvalue weighted by Gasteiger charge is -2.44. The van der Waals surface area contributed by atoms with E-state index in [4.69, 9.17) is 10.5 Å². The highest BCUT2D eigenvalue weighted by molar-refractivity contribution is 5.78. The average molecular weight is 212 g/mol. The van der Waals surface area contributed by atoms with Gasteiger partial charge in [0.25, 0.3) is 0 Å². The van der Waals surface area contributed by atoms with Crippen molar-refractivity contribution in [3.8, 4) is 0 Å². The summed E-state index contributed by atoms with van der Waals surface area (Å²) in [5.74, 6) is 0.0830. The minimum Gasteiger partial charge on any atom is -0.381 e. The Balaban J connectivity index is 1.99. The SMILES string of the molecule is NCC(=O)N1CCCC2(CCCOC2)C1. The minimum atomic E-state index is 0.0830. The number of carbonyl (C=O) groups is 1. The number of nitrogens with two attached hydrogens (primary N) is 1. The molecule has 0 aromatic heterocycles. The summed E-state index contributed by atoms with van der Waals surface area (Å²) >= 11 is 0. The maximum Gasteiger partial charge on any atom is 0.236 e. The second-order valence-electron chi connectivity index (χ2n) is 4.78. The van der Waals surface area contributed by atoms with E-state index >= 15 is 0 Å². The van der Waals surface area contributed by atoms with Crippen LogP contribution in [-0.4, -0.2) is 43.7 Å². The molecule has 0 radical (unpaired) electrons. The molecule has 1 spiro atoms. The number of rotatable bonds is 1. The summed E-state index contributed by atoms with van der Waals surface area (Å²) in [5, 5.41) is 0. The van der Waals surface area contributed by atoms with Gasteiger partial charge in [-0.05, 0) is 25.7 Å². The average Bonchev–Trinajstić information content (AvgIpc) is 2.29. The third kappa shape index (κ3) is 2.32. The minimum absolute atomic E-state index is 0.0830. The highest BCUT2D eigenvalue weighted by Gasteiger charge is 2.38. The standard InChI is InChI=1S/C11H20N2O2/c12-7-10(14)13-5-1-3-11(8-13)4-2-6-15-9-11/h1-9,12H2. The van der Waals surface area contributed by atoms with Crippen LogP contribution in [-0.2, 0) is 9.53 Å². The Morgan fingerprint density at radius 2 is 2.20 bits per heavy atom. The van der Waals surface area contributed by atoms with Crippen LogP contribution in [0.3, 0.4) is 0 Å². The number of nitrogens with zero attached hydrogens (tertiary/aromatic N) is 1. The van der Waals surface area contributed by atoms with Crippen LogP contribution in [0, 0.1) is 5.41 Å². The van der Waals surface area contributed by atoms with Crippen molar-refractivity contribution in [1.82, 2.24) is 4.90 Å². The first-order valence-corrected chi connectivity index (χ1v) is 5.81. The molecule has 0 bridgehead atoms. The first kappa shape index (κ1) is 10.9. The number of hydrogen-bond donors (Lipinski definition) is 1. The zero-order valence-electron chi connectivity index (χ0n) is 9.21. The van der Waals surface area contributed by atoms with E-state index in [9.17, 15) is 4.79 Å². The van der Waals surface area contributed by atoms with Crippen LogP contribution in [0.15, 0.2) is 0 Å². The molecule has 0 aliphatic carbocycles. The third-order valence-corrected chi connectivity index (χ3v) is 3.59. The lowest BCUT2D eigenvalue weighted by Crippen LogP contribution is -2.51. The van der Waals surface area contributed by atoms with Crippen LogP contribution in [0.4, 0.5) is 0 Å². The first-order chi connectivity index (χ1) is 7.26. The normalized spacial score (nSPS) is 31.9. The van der Waals surface area contributed by atoms with Gasteiger partial charge < -0.3 is 15.4 Å². The molecule has 2 heterocycles. The molecule has 0 aromatic carbocycles. The summed E-state index contributed by atoms with van der Waals surface area (Å²) < 4.78 is 5.56. The van der Waals surface area contributed by atoms with Crippen LogP contribution in [0.1, 0.15) is 25.7 Å². The smallest absolute Gasteiger partial charge is 0.236 e. The largest absolute Gasteiger partial charge is 0.381 e. The molecule has 2 saturated heterocycles. The number of amides is 1. The van der Waals surface area contributed by atoms with Crippen LogP contribution < -0.4 is 5.73 Å². The number of ether oxygens (including phenoxy) is 1. The van der Waals surface area contributed by atoms with Gasteiger partial charge >= 0.3 is 0 Å². The van der Waals surface area contributed by atoms with Crippen LogP contribution in [0.25, 0.3) is 0 Å². The lowest BCUT2D eigenvalue weighted by molar-refractivity contribution is -0.136. The van der Waals surface area contributed by atoms with E-state index in [1.165, 1.54) is 12.8 Å². The fourth-order valence-electron chi connectivity index (χ4n) is 2.78. The molecule has 1 amide bonds. The van der Waals surface area contributed by atoms with Gasteiger partial charge in [0, 0.05) is 25.1 Å². The van der Waals surface area contributed by atoms with E-state index < -0.39 is 0 Å². The molecule has 0 aromatic rings. The second-order valence-corrected chi connectivity index (χ2v) is 4.78.